The van der Waals surface area contributed by atoms with Crippen molar-refractivity contribution in [2.24, 2.45) is 17.3 Å². The Labute approximate surface area is 239 Å². The van der Waals surface area contributed by atoms with Crippen LogP contribution >= 0.6 is 0 Å². The molecule has 2 N–H and O–H groups in total. The molecule has 224 valence electrons. The van der Waals surface area contributed by atoms with Gasteiger partial charge in [-0.3, -0.25) is 4.79 Å². The lowest BCUT2D eigenvalue weighted by Crippen LogP contribution is -2.49. The smallest absolute Gasteiger partial charge is 0.416 e. The quantitative estimate of drug-likeness (QED) is 0.441. The third-order valence-corrected chi connectivity index (χ3v) is 8.28. The van der Waals surface area contributed by atoms with E-state index < -0.39 is 47.2 Å². The van der Waals surface area contributed by atoms with Crippen LogP contribution in [0.3, 0.4) is 0 Å². The summed E-state index contributed by atoms with van der Waals surface area (Å²) in [5, 5.41) is 13.9. The van der Waals surface area contributed by atoms with Crippen LogP contribution in [0.25, 0.3) is 0 Å². The van der Waals surface area contributed by atoms with Gasteiger partial charge in [0.25, 0.3) is 0 Å². The zero-order valence-electron chi connectivity index (χ0n) is 24.5. The second-order valence-corrected chi connectivity index (χ2v) is 12.6. The SMILES string of the molecule is Cc1cc(C(F)(F)F)cc(N[C@@H]2[C@@H](C(C)(C)C)[C@H](C(=O)O)N(C(=O)C3CCCCC3)[C@@H]2c2cccnc2N(C)C)n1. The molecule has 2 aromatic rings. The van der Waals surface area contributed by atoms with E-state index in [1.807, 2.05) is 40.9 Å². The molecule has 1 aliphatic carbocycles. The molecule has 11 heteroatoms. The van der Waals surface area contributed by atoms with Gasteiger partial charge in [0.15, 0.2) is 0 Å². The van der Waals surface area contributed by atoms with Crippen LogP contribution in [0.4, 0.5) is 24.8 Å². The van der Waals surface area contributed by atoms with Crippen LogP contribution < -0.4 is 10.2 Å². The molecule has 0 aromatic carbocycles. The van der Waals surface area contributed by atoms with Crippen molar-refractivity contribution in [3.05, 3.63) is 47.3 Å². The molecule has 2 fully saturated rings. The highest BCUT2D eigenvalue weighted by Crippen LogP contribution is 2.51. The zero-order chi connectivity index (χ0) is 30.3. The van der Waals surface area contributed by atoms with Gasteiger partial charge in [-0.15, -0.1) is 0 Å². The lowest BCUT2D eigenvalue weighted by molar-refractivity contribution is -0.154. The Bertz CT molecular complexity index is 1270. The van der Waals surface area contributed by atoms with Crippen LogP contribution in [0.2, 0.25) is 0 Å². The van der Waals surface area contributed by atoms with Gasteiger partial charge in [0, 0.05) is 43.4 Å². The lowest BCUT2D eigenvalue weighted by atomic mass is 9.72. The predicted octanol–water partition coefficient (Wildman–Crippen LogP) is 5.93. The molecule has 1 amide bonds. The van der Waals surface area contributed by atoms with E-state index in [0.29, 0.717) is 24.2 Å². The second-order valence-electron chi connectivity index (χ2n) is 12.6. The first kappa shape index (κ1) is 30.6. The first-order valence-corrected chi connectivity index (χ1v) is 14.1. The van der Waals surface area contributed by atoms with Crippen LogP contribution in [0.1, 0.15) is 75.7 Å². The lowest BCUT2D eigenvalue weighted by Gasteiger charge is -2.36. The van der Waals surface area contributed by atoms with Gasteiger partial charge in [-0.25, -0.2) is 14.8 Å². The summed E-state index contributed by atoms with van der Waals surface area (Å²) in [5.41, 5.74) is -0.711. The number of anilines is 2. The van der Waals surface area contributed by atoms with E-state index in [0.717, 1.165) is 31.4 Å². The predicted molar refractivity (Wildman–Crippen MR) is 150 cm³/mol. The molecule has 0 radical (unpaired) electrons. The van der Waals surface area contributed by atoms with Crippen molar-refractivity contribution < 1.29 is 27.9 Å². The average Bonchev–Trinajstić information content (AvgIpc) is 3.23. The van der Waals surface area contributed by atoms with Crippen molar-refractivity contribution in [2.45, 2.75) is 84.1 Å². The molecule has 2 aromatic heterocycles. The maximum atomic E-state index is 14.3. The van der Waals surface area contributed by atoms with Crippen LogP contribution in [0.5, 0.6) is 0 Å². The number of rotatable bonds is 6. The van der Waals surface area contributed by atoms with Gasteiger partial charge in [-0.05, 0) is 43.4 Å². The minimum atomic E-state index is -4.59. The number of aromatic nitrogens is 2. The van der Waals surface area contributed by atoms with Crippen molar-refractivity contribution >= 4 is 23.5 Å². The van der Waals surface area contributed by atoms with Crippen LogP contribution in [0, 0.1) is 24.2 Å². The molecule has 1 saturated carbocycles. The Kier molecular flexibility index (Phi) is 8.57. The van der Waals surface area contributed by atoms with Crippen molar-refractivity contribution in [2.75, 3.05) is 24.3 Å². The van der Waals surface area contributed by atoms with Gasteiger partial charge >= 0.3 is 12.1 Å². The largest absolute Gasteiger partial charge is 0.480 e. The number of aliphatic carboxylic acids is 1. The first-order valence-electron chi connectivity index (χ1n) is 14.1. The van der Waals surface area contributed by atoms with E-state index in [2.05, 4.69) is 15.3 Å². The number of aryl methyl sites for hydroxylation is 1. The minimum absolute atomic E-state index is 0.0204. The Morgan fingerprint density at radius 3 is 2.32 bits per heavy atom. The van der Waals surface area contributed by atoms with Gasteiger partial charge in [0.2, 0.25) is 5.91 Å². The number of carboxylic acid groups (broad SMARTS) is 1. The summed E-state index contributed by atoms with van der Waals surface area (Å²) in [4.78, 5) is 39.6. The number of nitrogens with one attached hydrogen (secondary N) is 1. The maximum Gasteiger partial charge on any atom is 0.416 e. The molecule has 4 atom stereocenters. The number of hydrogen-bond donors (Lipinski definition) is 2. The van der Waals surface area contributed by atoms with E-state index in [1.54, 1.807) is 17.2 Å². The summed E-state index contributed by atoms with van der Waals surface area (Å²) in [7, 11) is 3.62. The molecule has 8 nitrogen and oxygen atoms in total. The van der Waals surface area contributed by atoms with Crippen LogP contribution in [0.15, 0.2) is 30.5 Å². The van der Waals surface area contributed by atoms with Crippen molar-refractivity contribution in [3.8, 4) is 0 Å². The summed E-state index contributed by atoms with van der Waals surface area (Å²) in [5.74, 6) is -1.84. The summed E-state index contributed by atoms with van der Waals surface area (Å²) in [6.45, 7) is 7.18. The highest BCUT2D eigenvalue weighted by molar-refractivity contribution is 5.87. The fraction of sp³-hybridized carbons (Fsp3) is 0.600. The molecular formula is C30H40F3N5O3. The van der Waals surface area contributed by atoms with Gasteiger partial charge < -0.3 is 20.2 Å². The standard InChI is InChI=1S/C30H40F3N5O3/c1-17-15-19(30(31,32)33)16-21(35-17)36-23-22(29(2,3)4)25(28(40)41)38(27(39)18-11-8-7-9-12-18)24(23)20-13-10-14-34-26(20)37(5)6/h10,13-16,18,22-25H,7-9,11-12H2,1-6H3,(H,35,36)(H,40,41)/t22-,23-,24-,25-/m1/s1. The Morgan fingerprint density at radius 2 is 1.76 bits per heavy atom. The van der Waals surface area contributed by atoms with Gasteiger partial charge in [0.1, 0.15) is 17.7 Å². The molecule has 0 unspecified atom stereocenters. The topological polar surface area (TPSA) is 98.7 Å². The fourth-order valence-electron chi connectivity index (χ4n) is 6.63. The minimum Gasteiger partial charge on any atom is -0.480 e. The highest BCUT2D eigenvalue weighted by atomic mass is 19.4. The summed E-state index contributed by atoms with van der Waals surface area (Å²) >= 11 is 0. The highest BCUT2D eigenvalue weighted by Gasteiger charge is 2.59. The molecule has 41 heavy (non-hydrogen) atoms. The number of amides is 1. The number of alkyl halides is 3. The first-order chi connectivity index (χ1) is 19.1. The van der Waals surface area contributed by atoms with Gasteiger partial charge in [-0.1, -0.05) is 46.1 Å². The van der Waals surface area contributed by atoms with E-state index in [-0.39, 0.29) is 23.3 Å². The van der Waals surface area contributed by atoms with E-state index >= 15 is 0 Å². The number of carbonyl (C=O) groups is 2. The van der Waals surface area contributed by atoms with Gasteiger partial charge in [-0.2, -0.15) is 13.2 Å². The van der Waals surface area contributed by atoms with Crippen molar-refractivity contribution in [1.29, 1.82) is 0 Å². The molecule has 1 saturated heterocycles. The number of halogens is 3. The van der Waals surface area contributed by atoms with Crippen LogP contribution in [-0.4, -0.2) is 58.0 Å². The molecule has 1 aliphatic heterocycles. The fourth-order valence-corrected chi connectivity index (χ4v) is 6.63. The zero-order valence-corrected chi connectivity index (χ0v) is 24.5. The molecule has 0 bridgehead atoms. The third kappa shape index (κ3) is 6.28. The number of hydrogen-bond acceptors (Lipinski definition) is 6. The second kappa shape index (κ2) is 11.5. The van der Waals surface area contributed by atoms with Crippen molar-refractivity contribution in [3.63, 3.8) is 0 Å². The number of likely N-dealkylation sites (tertiary alicyclic amines) is 1. The molecule has 2 aliphatic rings. The number of carboxylic acids is 1. The summed E-state index contributed by atoms with van der Waals surface area (Å²) in [6, 6.07) is 2.66. The molecule has 4 rings (SSSR count). The Morgan fingerprint density at radius 1 is 1.10 bits per heavy atom. The van der Waals surface area contributed by atoms with E-state index in [9.17, 15) is 27.9 Å². The maximum absolute atomic E-state index is 14.3. The Balaban J connectivity index is 1.96. The number of nitrogens with zero attached hydrogens (tertiary/aromatic N) is 4. The Hall–Kier alpha value is -3.37. The number of carbonyl (C=O) groups excluding carboxylic acids is 1. The molecular weight excluding hydrogens is 535 g/mol. The summed E-state index contributed by atoms with van der Waals surface area (Å²) < 4.78 is 41.3. The average molecular weight is 576 g/mol. The molecule has 3 heterocycles. The summed E-state index contributed by atoms with van der Waals surface area (Å²) in [6.07, 6.45) is 1.19. The monoisotopic (exact) mass is 575 g/mol. The van der Waals surface area contributed by atoms with Gasteiger partial charge in [0.05, 0.1) is 17.6 Å². The van der Waals surface area contributed by atoms with Crippen LogP contribution in [-0.2, 0) is 15.8 Å². The number of pyridine rings is 2. The normalized spacial score (nSPS) is 23.9. The molecule has 0 spiro atoms. The van der Waals surface area contributed by atoms with E-state index in [4.69, 9.17) is 0 Å². The van der Waals surface area contributed by atoms with E-state index in [1.165, 1.54) is 11.8 Å². The van der Waals surface area contributed by atoms with Crippen molar-refractivity contribution in [1.82, 2.24) is 14.9 Å². The third-order valence-electron chi connectivity index (χ3n) is 8.28.